The van der Waals surface area contributed by atoms with E-state index in [0.29, 0.717) is 11.4 Å². The molecule has 0 aliphatic heterocycles. The summed E-state index contributed by atoms with van der Waals surface area (Å²) in [5.41, 5.74) is 7.47. The highest BCUT2D eigenvalue weighted by atomic mass is 16.3. The highest BCUT2D eigenvalue weighted by Crippen LogP contribution is 2.12. The Morgan fingerprint density at radius 3 is 2.65 bits per heavy atom. The monoisotopic (exact) mass is 274 g/mol. The van der Waals surface area contributed by atoms with Crippen LogP contribution in [0.2, 0.25) is 0 Å². The Bertz CT molecular complexity index is 591. The first-order valence-corrected chi connectivity index (χ1v) is 6.32. The van der Waals surface area contributed by atoms with Crippen molar-refractivity contribution in [2.75, 3.05) is 19.4 Å². The Morgan fingerprint density at radius 1 is 1.40 bits per heavy atom. The van der Waals surface area contributed by atoms with Crippen LogP contribution in [-0.2, 0) is 0 Å². The molecule has 0 aliphatic rings. The number of amides is 1. The number of nitrogens with two attached hydrogens (primary N) is 1. The van der Waals surface area contributed by atoms with Crippen molar-refractivity contribution >= 4 is 11.6 Å². The second-order valence-corrected chi connectivity index (χ2v) is 4.68. The summed E-state index contributed by atoms with van der Waals surface area (Å²) < 4.78 is 1.62. The van der Waals surface area contributed by atoms with Crippen LogP contribution in [0.5, 0.6) is 0 Å². The fraction of sp³-hybridized carbons (Fsp3) is 0.286. The lowest BCUT2D eigenvalue weighted by Crippen LogP contribution is -2.37. The summed E-state index contributed by atoms with van der Waals surface area (Å²) >= 11 is 0. The first-order chi connectivity index (χ1) is 9.52. The van der Waals surface area contributed by atoms with E-state index in [1.165, 1.54) is 4.90 Å². The second kappa shape index (κ2) is 5.75. The summed E-state index contributed by atoms with van der Waals surface area (Å²) in [6.07, 6.45) is 1.72. The highest BCUT2D eigenvalue weighted by molar-refractivity contribution is 5.92. The predicted octanol–water partition coefficient (Wildman–Crippen LogP) is 0.907. The summed E-state index contributed by atoms with van der Waals surface area (Å²) in [6, 6.07) is 8.62. The van der Waals surface area contributed by atoms with Crippen LogP contribution in [0.3, 0.4) is 0 Å². The number of likely N-dealkylation sites (N-methyl/N-ethyl adjacent to an activating group) is 1. The van der Waals surface area contributed by atoms with Gasteiger partial charge in [0.25, 0.3) is 5.91 Å². The number of aliphatic hydroxyl groups is 1. The number of aliphatic hydroxyl groups excluding tert-OH is 1. The highest BCUT2D eigenvalue weighted by Gasteiger charge is 2.19. The molecule has 2 rings (SSSR count). The summed E-state index contributed by atoms with van der Waals surface area (Å²) in [6.45, 7) is 1.69. The number of nitrogen functional groups attached to an aromatic ring is 1. The zero-order valence-electron chi connectivity index (χ0n) is 11.5. The molecule has 1 amide bonds. The van der Waals surface area contributed by atoms with Gasteiger partial charge in [-0.25, -0.2) is 4.68 Å². The van der Waals surface area contributed by atoms with Gasteiger partial charge in [-0.15, -0.1) is 0 Å². The van der Waals surface area contributed by atoms with Crippen molar-refractivity contribution in [1.29, 1.82) is 0 Å². The van der Waals surface area contributed by atoms with Crippen LogP contribution >= 0.6 is 0 Å². The topological polar surface area (TPSA) is 84.4 Å². The Hall–Kier alpha value is -2.34. The van der Waals surface area contributed by atoms with Gasteiger partial charge in [0.05, 0.1) is 18.3 Å². The van der Waals surface area contributed by atoms with Crippen LogP contribution < -0.4 is 5.73 Å². The minimum Gasteiger partial charge on any atom is -0.399 e. The summed E-state index contributed by atoms with van der Waals surface area (Å²) in [5, 5.41) is 13.3. The first kappa shape index (κ1) is 14.1. The van der Waals surface area contributed by atoms with Gasteiger partial charge < -0.3 is 15.7 Å². The van der Waals surface area contributed by atoms with Crippen LogP contribution in [0.1, 0.15) is 17.4 Å². The van der Waals surface area contributed by atoms with Gasteiger partial charge in [-0.3, -0.25) is 4.79 Å². The molecule has 0 radical (unpaired) electrons. The van der Waals surface area contributed by atoms with E-state index in [1.807, 2.05) is 12.1 Å². The fourth-order valence-electron chi connectivity index (χ4n) is 1.71. The largest absolute Gasteiger partial charge is 0.399 e. The van der Waals surface area contributed by atoms with E-state index in [0.717, 1.165) is 5.69 Å². The van der Waals surface area contributed by atoms with Crippen LogP contribution in [0.15, 0.2) is 36.5 Å². The zero-order chi connectivity index (χ0) is 14.7. The summed E-state index contributed by atoms with van der Waals surface area (Å²) in [5.74, 6) is -0.222. The van der Waals surface area contributed by atoms with Gasteiger partial charge >= 0.3 is 0 Å². The van der Waals surface area contributed by atoms with Gasteiger partial charge in [0.2, 0.25) is 0 Å². The van der Waals surface area contributed by atoms with Crippen molar-refractivity contribution in [2.24, 2.45) is 0 Å². The Balaban J connectivity index is 2.20. The number of aromatic nitrogens is 2. The number of carbonyl (C=O) groups is 1. The standard InChI is InChI=1S/C14H18N4O2/c1-10(9-19)17(2)14(20)13-7-8-18(16-13)12-5-3-11(15)4-6-12/h3-8,10,19H,9,15H2,1-2H3. The van der Waals surface area contributed by atoms with Gasteiger partial charge in [-0.2, -0.15) is 5.10 Å². The fourth-order valence-corrected chi connectivity index (χ4v) is 1.71. The van der Waals surface area contributed by atoms with Crippen molar-refractivity contribution in [1.82, 2.24) is 14.7 Å². The molecule has 0 aliphatic carbocycles. The van der Waals surface area contributed by atoms with Crippen molar-refractivity contribution in [3.8, 4) is 5.69 Å². The average Bonchev–Trinajstić information content (AvgIpc) is 2.95. The number of anilines is 1. The zero-order valence-corrected chi connectivity index (χ0v) is 11.5. The molecule has 1 unspecified atom stereocenters. The SMILES string of the molecule is CC(CO)N(C)C(=O)c1ccn(-c2ccc(N)cc2)n1. The molecule has 106 valence electrons. The van der Waals surface area contributed by atoms with Crippen molar-refractivity contribution < 1.29 is 9.90 Å². The summed E-state index contributed by atoms with van der Waals surface area (Å²) in [7, 11) is 1.64. The van der Waals surface area contributed by atoms with E-state index in [1.54, 1.807) is 43.0 Å². The number of hydrogen-bond acceptors (Lipinski definition) is 4. The lowest BCUT2D eigenvalue weighted by molar-refractivity contribution is 0.0676. The van der Waals surface area contributed by atoms with Crippen molar-refractivity contribution in [3.63, 3.8) is 0 Å². The Labute approximate surface area is 117 Å². The van der Waals surface area contributed by atoms with Crippen LogP contribution in [0.4, 0.5) is 5.69 Å². The van der Waals surface area contributed by atoms with E-state index in [-0.39, 0.29) is 18.6 Å². The first-order valence-electron chi connectivity index (χ1n) is 6.32. The van der Waals surface area contributed by atoms with E-state index < -0.39 is 0 Å². The maximum atomic E-state index is 12.2. The third-order valence-corrected chi connectivity index (χ3v) is 3.21. The van der Waals surface area contributed by atoms with E-state index >= 15 is 0 Å². The number of carbonyl (C=O) groups excluding carboxylic acids is 1. The Kier molecular flexibility index (Phi) is 4.05. The molecule has 6 heteroatoms. The van der Waals surface area contributed by atoms with Gasteiger partial charge in [0.15, 0.2) is 5.69 Å². The number of hydrogen-bond donors (Lipinski definition) is 2. The summed E-state index contributed by atoms with van der Waals surface area (Å²) in [4.78, 5) is 13.6. The number of rotatable bonds is 4. The molecule has 1 heterocycles. The quantitative estimate of drug-likeness (QED) is 0.812. The maximum absolute atomic E-state index is 12.2. The second-order valence-electron chi connectivity index (χ2n) is 4.68. The molecule has 3 N–H and O–H groups in total. The third kappa shape index (κ3) is 2.80. The van der Waals surface area contributed by atoms with E-state index in [9.17, 15) is 4.79 Å². The number of nitrogens with zero attached hydrogens (tertiary/aromatic N) is 3. The Morgan fingerprint density at radius 2 is 2.05 bits per heavy atom. The maximum Gasteiger partial charge on any atom is 0.274 e. The van der Waals surface area contributed by atoms with Crippen molar-refractivity contribution in [3.05, 3.63) is 42.2 Å². The molecule has 1 aromatic heterocycles. The molecule has 0 bridgehead atoms. The van der Waals surface area contributed by atoms with E-state index in [4.69, 9.17) is 10.8 Å². The van der Waals surface area contributed by atoms with Crippen LogP contribution in [0, 0.1) is 0 Å². The molecule has 1 aromatic carbocycles. The smallest absolute Gasteiger partial charge is 0.274 e. The lowest BCUT2D eigenvalue weighted by atomic mass is 10.3. The molecule has 2 aromatic rings. The molecule has 0 spiro atoms. The predicted molar refractivity (Wildman–Crippen MR) is 76.6 cm³/mol. The molecule has 0 saturated carbocycles. The molecule has 20 heavy (non-hydrogen) atoms. The normalized spacial score (nSPS) is 12.2. The molecular weight excluding hydrogens is 256 g/mol. The van der Waals surface area contributed by atoms with Crippen molar-refractivity contribution in [2.45, 2.75) is 13.0 Å². The lowest BCUT2D eigenvalue weighted by Gasteiger charge is -2.21. The molecule has 6 nitrogen and oxygen atoms in total. The van der Waals surface area contributed by atoms with Gasteiger partial charge in [-0.1, -0.05) is 0 Å². The molecule has 1 atom stereocenters. The number of benzene rings is 1. The molecule has 0 fully saturated rings. The van der Waals surface area contributed by atoms with Gasteiger partial charge in [0.1, 0.15) is 0 Å². The third-order valence-electron chi connectivity index (χ3n) is 3.21. The minimum absolute atomic E-state index is 0.0824. The van der Waals surface area contributed by atoms with Crippen LogP contribution in [-0.4, -0.2) is 45.4 Å². The molecule has 0 saturated heterocycles. The average molecular weight is 274 g/mol. The van der Waals surface area contributed by atoms with Gasteiger partial charge in [0, 0.05) is 18.9 Å². The molecular formula is C14H18N4O2. The van der Waals surface area contributed by atoms with Crippen LogP contribution in [0.25, 0.3) is 5.69 Å². The minimum atomic E-state index is -0.246. The van der Waals surface area contributed by atoms with E-state index in [2.05, 4.69) is 5.10 Å². The van der Waals surface area contributed by atoms with Gasteiger partial charge in [-0.05, 0) is 37.3 Å².